The minimum absolute atomic E-state index is 0.00535. The van der Waals surface area contributed by atoms with Gasteiger partial charge >= 0.3 is 5.97 Å². The molecule has 1 aliphatic rings. The number of nitro benzene ring substituents is 1. The van der Waals surface area contributed by atoms with Crippen LogP contribution in [0.3, 0.4) is 0 Å². The predicted octanol–water partition coefficient (Wildman–Crippen LogP) is 3.58. The molecule has 1 aromatic rings. The molecular weight excluding hydrogens is 364 g/mol. The van der Waals surface area contributed by atoms with Crippen molar-refractivity contribution in [1.82, 2.24) is 0 Å². The second-order valence-corrected chi connectivity index (χ2v) is 7.31. The van der Waals surface area contributed by atoms with Crippen molar-refractivity contribution in [3.8, 4) is 0 Å². The number of carboxylic acids is 1. The fraction of sp³-hybridized carbons (Fsp3) is 0.650. The Kier molecular flexibility index (Phi) is 8.19. The van der Waals surface area contributed by atoms with E-state index in [4.69, 9.17) is 9.47 Å². The Bertz CT molecular complexity index is 673. The normalized spacial score (nSPS) is 16.1. The summed E-state index contributed by atoms with van der Waals surface area (Å²) in [5.74, 6) is -1.40. The highest BCUT2D eigenvalue weighted by atomic mass is 16.6. The molecule has 1 aromatic carbocycles. The van der Waals surface area contributed by atoms with Crippen LogP contribution in [0.4, 0.5) is 11.4 Å². The van der Waals surface area contributed by atoms with Gasteiger partial charge in [0.15, 0.2) is 0 Å². The Labute approximate surface area is 165 Å². The monoisotopic (exact) mass is 394 g/mol. The summed E-state index contributed by atoms with van der Waals surface area (Å²) in [6, 6.07) is 5.25. The Morgan fingerprint density at radius 2 is 2.07 bits per heavy atom. The van der Waals surface area contributed by atoms with Crippen LogP contribution in [0.25, 0.3) is 0 Å². The summed E-state index contributed by atoms with van der Waals surface area (Å²) in [6.45, 7) is 7.89. The van der Waals surface area contributed by atoms with E-state index in [0.29, 0.717) is 31.0 Å². The molecule has 1 aliphatic heterocycles. The molecule has 28 heavy (non-hydrogen) atoms. The van der Waals surface area contributed by atoms with Gasteiger partial charge in [-0.3, -0.25) is 14.9 Å². The molecule has 1 N–H and O–H groups in total. The Morgan fingerprint density at radius 3 is 2.61 bits per heavy atom. The van der Waals surface area contributed by atoms with Crippen molar-refractivity contribution in [3.05, 3.63) is 33.9 Å². The van der Waals surface area contributed by atoms with Gasteiger partial charge in [-0.15, -0.1) is 0 Å². The first-order valence-electron chi connectivity index (χ1n) is 9.79. The van der Waals surface area contributed by atoms with Crippen LogP contribution in [0.5, 0.6) is 0 Å². The van der Waals surface area contributed by atoms with E-state index in [9.17, 15) is 20.0 Å². The number of carbonyl (C=O) groups is 1. The third-order valence-electron chi connectivity index (χ3n) is 5.00. The second kappa shape index (κ2) is 10.4. The lowest BCUT2D eigenvalue weighted by Gasteiger charge is -2.35. The quantitative estimate of drug-likeness (QED) is 0.478. The molecule has 1 atom stereocenters. The number of anilines is 1. The van der Waals surface area contributed by atoms with E-state index < -0.39 is 11.9 Å². The maximum Gasteiger partial charge on any atom is 0.304 e. The molecule has 156 valence electrons. The second-order valence-electron chi connectivity index (χ2n) is 7.31. The number of aliphatic carboxylic acids is 1. The van der Waals surface area contributed by atoms with Crippen LogP contribution in [0.15, 0.2) is 18.2 Å². The highest BCUT2D eigenvalue weighted by Gasteiger charge is 2.28. The molecule has 0 bridgehead atoms. The molecule has 1 heterocycles. The number of nitro groups is 1. The topological polar surface area (TPSA) is 102 Å². The van der Waals surface area contributed by atoms with Crippen LogP contribution >= 0.6 is 0 Å². The van der Waals surface area contributed by atoms with E-state index in [2.05, 4.69) is 4.90 Å². The van der Waals surface area contributed by atoms with Crippen LogP contribution in [-0.4, -0.2) is 54.5 Å². The van der Waals surface area contributed by atoms with Crippen molar-refractivity contribution in [3.63, 3.8) is 0 Å². The number of hydrogen-bond donors (Lipinski definition) is 1. The zero-order valence-corrected chi connectivity index (χ0v) is 16.8. The molecular formula is C20H30N2O6. The zero-order chi connectivity index (χ0) is 20.7. The first-order chi connectivity index (χ1) is 13.3. The molecule has 0 radical (unpaired) electrons. The minimum Gasteiger partial charge on any atom is -0.481 e. The molecule has 0 spiro atoms. The smallest absolute Gasteiger partial charge is 0.304 e. The highest BCUT2D eigenvalue weighted by molar-refractivity contribution is 5.69. The fourth-order valence-corrected chi connectivity index (χ4v) is 3.60. The summed E-state index contributed by atoms with van der Waals surface area (Å²) >= 11 is 0. The van der Waals surface area contributed by atoms with Gasteiger partial charge in [0.1, 0.15) is 5.69 Å². The summed E-state index contributed by atoms with van der Waals surface area (Å²) in [6.07, 6.45) is 1.48. The molecule has 1 saturated heterocycles. The van der Waals surface area contributed by atoms with E-state index >= 15 is 0 Å². The van der Waals surface area contributed by atoms with Gasteiger partial charge in [0, 0.05) is 37.8 Å². The number of ether oxygens (including phenoxy) is 2. The van der Waals surface area contributed by atoms with Crippen LogP contribution < -0.4 is 4.90 Å². The summed E-state index contributed by atoms with van der Waals surface area (Å²) in [5, 5.41) is 21.0. The van der Waals surface area contributed by atoms with E-state index in [0.717, 1.165) is 12.8 Å². The van der Waals surface area contributed by atoms with E-state index in [1.807, 2.05) is 20.8 Å². The van der Waals surface area contributed by atoms with Gasteiger partial charge in [0.05, 0.1) is 24.1 Å². The first-order valence-corrected chi connectivity index (χ1v) is 9.79. The third-order valence-corrected chi connectivity index (χ3v) is 5.00. The Morgan fingerprint density at radius 1 is 1.39 bits per heavy atom. The van der Waals surface area contributed by atoms with E-state index in [1.54, 1.807) is 12.1 Å². The van der Waals surface area contributed by atoms with Crippen molar-refractivity contribution >= 4 is 17.3 Å². The summed E-state index contributed by atoms with van der Waals surface area (Å²) < 4.78 is 11.0. The van der Waals surface area contributed by atoms with Gasteiger partial charge < -0.3 is 19.5 Å². The van der Waals surface area contributed by atoms with Crippen LogP contribution in [-0.2, 0) is 14.3 Å². The molecule has 1 fully saturated rings. The number of rotatable bonds is 10. The lowest BCUT2D eigenvalue weighted by Crippen LogP contribution is -2.39. The number of benzene rings is 1. The summed E-state index contributed by atoms with van der Waals surface area (Å²) in [4.78, 5) is 24.7. The van der Waals surface area contributed by atoms with Gasteiger partial charge in [-0.2, -0.15) is 0 Å². The maximum atomic E-state index is 11.8. The molecule has 2 rings (SSSR count). The van der Waals surface area contributed by atoms with Crippen LogP contribution in [0, 0.1) is 10.1 Å². The SMILES string of the molecule is CCN(c1ccc([C@H](COC(C)C)CC(=O)O)cc1[N+](=O)[O-])C1CCOCC1. The van der Waals surface area contributed by atoms with Gasteiger partial charge in [-0.25, -0.2) is 0 Å². The van der Waals surface area contributed by atoms with Crippen LogP contribution in [0.2, 0.25) is 0 Å². The molecule has 0 saturated carbocycles. The zero-order valence-electron chi connectivity index (χ0n) is 16.8. The number of nitrogens with zero attached hydrogens (tertiary/aromatic N) is 2. The number of carboxylic acid groups (broad SMARTS) is 1. The van der Waals surface area contributed by atoms with Crippen molar-refractivity contribution in [2.75, 3.05) is 31.3 Å². The molecule has 0 aliphatic carbocycles. The maximum absolute atomic E-state index is 11.8. The lowest BCUT2D eigenvalue weighted by atomic mass is 9.95. The van der Waals surface area contributed by atoms with E-state index in [-0.39, 0.29) is 35.8 Å². The van der Waals surface area contributed by atoms with Crippen molar-refractivity contribution in [2.45, 2.75) is 58.1 Å². The van der Waals surface area contributed by atoms with Crippen molar-refractivity contribution in [1.29, 1.82) is 0 Å². The largest absolute Gasteiger partial charge is 0.481 e. The van der Waals surface area contributed by atoms with Gasteiger partial charge in [-0.1, -0.05) is 6.07 Å². The Hall–Kier alpha value is -2.19. The van der Waals surface area contributed by atoms with Gasteiger partial charge in [0.2, 0.25) is 0 Å². The average molecular weight is 394 g/mol. The first kappa shape index (κ1) is 22.1. The minimum atomic E-state index is -0.957. The van der Waals surface area contributed by atoms with Crippen molar-refractivity contribution in [2.24, 2.45) is 0 Å². The molecule has 8 nitrogen and oxygen atoms in total. The van der Waals surface area contributed by atoms with Gasteiger partial charge in [-0.05, 0) is 45.2 Å². The standard InChI is InChI=1S/C20H30N2O6/c1-4-21(17-7-9-27-10-8-17)18-6-5-15(11-19(18)22(25)26)16(12-20(23)24)13-28-14(2)3/h5-6,11,14,16-17H,4,7-10,12-13H2,1-3H3,(H,23,24)/t16-/m0/s1. The third kappa shape index (κ3) is 5.90. The van der Waals surface area contributed by atoms with Crippen LogP contribution in [0.1, 0.15) is 51.5 Å². The highest BCUT2D eigenvalue weighted by Crippen LogP contribution is 2.35. The predicted molar refractivity (Wildman–Crippen MR) is 106 cm³/mol. The Balaban J connectivity index is 2.35. The van der Waals surface area contributed by atoms with Crippen molar-refractivity contribution < 1.29 is 24.3 Å². The lowest BCUT2D eigenvalue weighted by molar-refractivity contribution is -0.384. The molecule has 0 amide bonds. The van der Waals surface area contributed by atoms with Gasteiger partial charge in [0.25, 0.3) is 5.69 Å². The number of hydrogen-bond acceptors (Lipinski definition) is 6. The van der Waals surface area contributed by atoms with E-state index in [1.165, 1.54) is 6.07 Å². The average Bonchev–Trinajstić information content (AvgIpc) is 2.66. The fourth-order valence-electron chi connectivity index (χ4n) is 3.60. The molecule has 8 heteroatoms. The molecule has 0 unspecified atom stereocenters. The summed E-state index contributed by atoms with van der Waals surface area (Å²) in [5.41, 5.74) is 1.19. The molecule has 0 aromatic heterocycles. The summed E-state index contributed by atoms with van der Waals surface area (Å²) in [7, 11) is 0.